The molecule has 0 saturated heterocycles. The summed E-state index contributed by atoms with van der Waals surface area (Å²) in [6.45, 7) is 5.76. The van der Waals surface area contributed by atoms with Gasteiger partial charge in [0.1, 0.15) is 0 Å². The Balaban J connectivity index is 1.62. The lowest BCUT2D eigenvalue weighted by molar-refractivity contribution is -0.122. The van der Waals surface area contributed by atoms with Gasteiger partial charge in [0.05, 0.1) is 0 Å². The van der Waals surface area contributed by atoms with Gasteiger partial charge in [-0.3, -0.25) is 4.79 Å². The standard InChI is InChI=1S/C19H23N3O2/c1-12-16(13(2)21-18(24)20-12)8-9-17(23)22-19(3)10-14-6-4-5-7-15(14)11-19/h4-7H,8-11H2,1-3H3,(H,22,23)(H,20,21,24). The van der Waals surface area contributed by atoms with Crippen molar-refractivity contribution in [2.75, 3.05) is 0 Å². The molecular weight excluding hydrogens is 302 g/mol. The maximum atomic E-state index is 12.4. The molecule has 1 aromatic carbocycles. The minimum atomic E-state index is -0.338. The number of nitrogens with zero attached hydrogens (tertiary/aromatic N) is 1. The van der Waals surface area contributed by atoms with Crippen LogP contribution in [-0.2, 0) is 24.1 Å². The number of fused-ring (bicyclic) bond motifs is 1. The molecule has 0 spiro atoms. The number of benzene rings is 1. The predicted molar refractivity (Wildman–Crippen MR) is 93.1 cm³/mol. The van der Waals surface area contributed by atoms with E-state index in [4.69, 9.17) is 0 Å². The first kappa shape index (κ1) is 16.4. The highest BCUT2D eigenvalue weighted by molar-refractivity contribution is 5.77. The van der Waals surface area contributed by atoms with E-state index in [9.17, 15) is 9.59 Å². The highest BCUT2D eigenvalue weighted by Crippen LogP contribution is 2.29. The zero-order valence-corrected chi connectivity index (χ0v) is 14.4. The zero-order chi connectivity index (χ0) is 17.3. The van der Waals surface area contributed by atoms with Crippen LogP contribution in [0.25, 0.3) is 0 Å². The van der Waals surface area contributed by atoms with Crippen molar-refractivity contribution in [3.05, 3.63) is 62.8 Å². The number of carbonyl (C=O) groups is 1. The molecular formula is C19H23N3O2. The Kier molecular flexibility index (Phi) is 4.26. The van der Waals surface area contributed by atoms with Crippen LogP contribution in [0.4, 0.5) is 0 Å². The molecule has 1 aromatic heterocycles. The summed E-state index contributed by atoms with van der Waals surface area (Å²) in [5.74, 6) is 0.0373. The Morgan fingerprint density at radius 2 is 1.88 bits per heavy atom. The minimum Gasteiger partial charge on any atom is -0.350 e. The molecule has 126 valence electrons. The summed E-state index contributed by atoms with van der Waals surface area (Å²) in [4.78, 5) is 30.4. The van der Waals surface area contributed by atoms with Crippen molar-refractivity contribution in [3.63, 3.8) is 0 Å². The number of hydrogen-bond acceptors (Lipinski definition) is 3. The number of rotatable bonds is 4. The number of aryl methyl sites for hydroxylation is 2. The summed E-state index contributed by atoms with van der Waals surface area (Å²) < 4.78 is 0. The van der Waals surface area contributed by atoms with E-state index < -0.39 is 0 Å². The summed E-state index contributed by atoms with van der Waals surface area (Å²) in [5.41, 5.74) is 4.52. The molecule has 5 nitrogen and oxygen atoms in total. The molecule has 0 aliphatic heterocycles. The predicted octanol–water partition coefficient (Wildman–Crippen LogP) is 1.99. The van der Waals surface area contributed by atoms with Crippen LogP contribution in [0.2, 0.25) is 0 Å². The smallest absolute Gasteiger partial charge is 0.345 e. The fourth-order valence-corrected chi connectivity index (χ4v) is 3.65. The molecule has 1 aliphatic rings. The van der Waals surface area contributed by atoms with Crippen molar-refractivity contribution in [1.29, 1.82) is 0 Å². The third kappa shape index (κ3) is 3.40. The van der Waals surface area contributed by atoms with Crippen LogP contribution in [0.5, 0.6) is 0 Å². The number of aromatic amines is 1. The van der Waals surface area contributed by atoms with E-state index in [0.717, 1.165) is 24.1 Å². The van der Waals surface area contributed by atoms with E-state index in [1.165, 1.54) is 11.1 Å². The Bertz CT molecular complexity index is 787. The molecule has 2 aromatic rings. The lowest BCUT2D eigenvalue weighted by atomic mass is 9.97. The Morgan fingerprint density at radius 1 is 1.25 bits per heavy atom. The Hall–Kier alpha value is -2.43. The van der Waals surface area contributed by atoms with Crippen LogP contribution in [0.15, 0.2) is 29.1 Å². The number of carbonyl (C=O) groups excluding carboxylic acids is 1. The normalized spacial score (nSPS) is 15.1. The SMILES string of the molecule is Cc1nc(=O)[nH]c(C)c1CCC(=O)NC1(C)Cc2ccccc2C1. The van der Waals surface area contributed by atoms with Crippen LogP contribution in [0.1, 0.15) is 41.4 Å². The first-order chi connectivity index (χ1) is 11.4. The van der Waals surface area contributed by atoms with Crippen molar-refractivity contribution < 1.29 is 4.79 Å². The second-order valence-corrected chi connectivity index (χ2v) is 6.96. The quantitative estimate of drug-likeness (QED) is 0.903. The fourth-order valence-electron chi connectivity index (χ4n) is 3.65. The largest absolute Gasteiger partial charge is 0.350 e. The fraction of sp³-hybridized carbons (Fsp3) is 0.421. The topological polar surface area (TPSA) is 74.8 Å². The molecule has 0 bridgehead atoms. The monoisotopic (exact) mass is 325 g/mol. The van der Waals surface area contributed by atoms with Gasteiger partial charge >= 0.3 is 5.69 Å². The van der Waals surface area contributed by atoms with Gasteiger partial charge in [0.15, 0.2) is 0 Å². The second-order valence-electron chi connectivity index (χ2n) is 6.96. The van der Waals surface area contributed by atoms with Gasteiger partial charge in [-0.05, 0) is 56.7 Å². The molecule has 0 unspecified atom stereocenters. The third-order valence-corrected chi connectivity index (χ3v) is 4.78. The van der Waals surface area contributed by atoms with Crippen molar-refractivity contribution in [3.8, 4) is 0 Å². The summed E-state index contributed by atoms with van der Waals surface area (Å²) in [7, 11) is 0. The van der Waals surface area contributed by atoms with Crippen LogP contribution in [0, 0.1) is 13.8 Å². The van der Waals surface area contributed by atoms with Crippen LogP contribution in [0.3, 0.4) is 0 Å². The average molecular weight is 325 g/mol. The van der Waals surface area contributed by atoms with Gasteiger partial charge in [-0.15, -0.1) is 0 Å². The highest BCUT2D eigenvalue weighted by atomic mass is 16.2. The molecule has 1 aliphatic carbocycles. The van der Waals surface area contributed by atoms with E-state index >= 15 is 0 Å². The van der Waals surface area contributed by atoms with E-state index in [1.807, 2.05) is 26.0 Å². The Labute approximate surface area is 141 Å². The van der Waals surface area contributed by atoms with E-state index in [0.29, 0.717) is 18.5 Å². The van der Waals surface area contributed by atoms with Crippen LogP contribution in [-0.4, -0.2) is 21.4 Å². The second kappa shape index (κ2) is 6.23. The van der Waals surface area contributed by atoms with Gasteiger partial charge in [0, 0.05) is 23.3 Å². The number of aromatic nitrogens is 2. The first-order valence-corrected chi connectivity index (χ1v) is 8.30. The van der Waals surface area contributed by atoms with Crippen LogP contribution < -0.4 is 11.0 Å². The van der Waals surface area contributed by atoms with Crippen molar-refractivity contribution >= 4 is 5.91 Å². The maximum Gasteiger partial charge on any atom is 0.345 e. The van der Waals surface area contributed by atoms with Crippen molar-refractivity contribution in [2.45, 2.75) is 52.0 Å². The number of amides is 1. The third-order valence-electron chi connectivity index (χ3n) is 4.78. The van der Waals surface area contributed by atoms with Gasteiger partial charge in [-0.25, -0.2) is 4.79 Å². The highest BCUT2D eigenvalue weighted by Gasteiger charge is 2.33. The molecule has 2 N–H and O–H groups in total. The van der Waals surface area contributed by atoms with Gasteiger partial charge < -0.3 is 10.3 Å². The number of nitrogens with one attached hydrogen (secondary N) is 2. The first-order valence-electron chi connectivity index (χ1n) is 8.30. The molecule has 5 heteroatoms. The zero-order valence-electron chi connectivity index (χ0n) is 14.4. The molecule has 0 radical (unpaired) electrons. The minimum absolute atomic E-state index is 0.0373. The lowest BCUT2D eigenvalue weighted by Gasteiger charge is -2.25. The summed E-state index contributed by atoms with van der Waals surface area (Å²) >= 11 is 0. The molecule has 0 fully saturated rings. The summed E-state index contributed by atoms with van der Waals surface area (Å²) in [6.07, 6.45) is 2.71. The van der Waals surface area contributed by atoms with Gasteiger partial charge in [0.25, 0.3) is 0 Å². The van der Waals surface area contributed by atoms with Gasteiger partial charge in [-0.1, -0.05) is 24.3 Å². The molecule has 1 amide bonds. The van der Waals surface area contributed by atoms with Crippen molar-refractivity contribution in [1.82, 2.24) is 15.3 Å². The Morgan fingerprint density at radius 3 is 2.46 bits per heavy atom. The lowest BCUT2D eigenvalue weighted by Crippen LogP contribution is -2.46. The van der Waals surface area contributed by atoms with E-state index in [-0.39, 0.29) is 17.1 Å². The molecule has 24 heavy (non-hydrogen) atoms. The van der Waals surface area contributed by atoms with E-state index in [2.05, 4.69) is 34.3 Å². The number of H-pyrrole nitrogens is 1. The number of hydrogen-bond donors (Lipinski definition) is 2. The van der Waals surface area contributed by atoms with Gasteiger partial charge in [0.2, 0.25) is 5.91 Å². The summed E-state index contributed by atoms with van der Waals surface area (Å²) in [5, 5.41) is 3.19. The molecule has 3 rings (SSSR count). The van der Waals surface area contributed by atoms with Gasteiger partial charge in [-0.2, -0.15) is 4.98 Å². The molecule has 1 heterocycles. The molecule has 0 saturated carbocycles. The van der Waals surface area contributed by atoms with Crippen molar-refractivity contribution in [2.24, 2.45) is 0 Å². The molecule has 0 atom stereocenters. The van der Waals surface area contributed by atoms with Crippen LogP contribution >= 0.6 is 0 Å². The average Bonchev–Trinajstić information content (AvgIpc) is 2.81. The maximum absolute atomic E-state index is 12.4. The summed E-state index contributed by atoms with van der Waals surface area (Å²) in [6, 6.07) is 8.35. The van der Waals surface area contributed by atoms with E-state index in [1.54, 1.807) is 0 Å².